The SMILES string of the molecule is CS(=O)(=O)c1cccc(-c2ccnc(Cl)n2)c1. The van der Waals surface area contributed by atoms with Crippen LogP contribution in [0.1, 0.15) is 0 Å². The fourth-order valence-electron chi connectivity index (χ4n) is 1.38. The molecule has 0 saturated carbocycles. The number of hydrogen-bond donors (Lipinski definition) is 0. The van der Waals surface area contributed by atoms with Gasteiger partial charge in [0.2, 0.25) is 5.28 Å². The van der Waals surface area contributed by atoms with Gasteiger partial charge in [0, 0.05) is 18.0 Å². The van der Waals surface area contributed by atoms with Crippen LogP contribution in [-0.2, 0) is 9.84 Å². The Morgan fingerprint density at radius 2 is 2.00 bits per heavy atom. The van der Waals surface area contributed by atoms with Crippen LogP contribution in [-0.4, -0.2) is 24.6 Å². The first kappa shape index (κ1) is 12.0. The van der Waals surface area contributed by atoms with Gasteiger partial charge in [-0.15, -0.1) is 0 Å². The Kier molecular flexibility index (Phi) is 3.13. The highest BCUT2D eigenvalue weighted by atomic mass is 35.5. The molecule has 6 heteroatoms. The molecule has 0 atom stereocenters. The van der Waals surface area contributed by atoms with Gasteiger partial charge in [0.1, 0.15) is 0 Å². The van der Waals surface area contributed by atoms with Crippen LogP contribution in [0, 0.1) is 0 Å². The van der Waals surface area contributed by atoms with Crippen molar-refractivity contribution in [1.29, 1.82) is 0 Å². The molecule has 0 aliphatic heterocycles. The number of hydrogen-bond acceptors (Lipinski definition) is 4. The second-order valence-electron chi connectivity index (χ2n) is 3.51. The summed E-state index contributed by atoms with van der Waals surface area (Å²) in [6, 6.07) is 8.22. The standard InChI is InChI=1S/C11H9ClN2O2S/c1-17(15,16)9-4-2-3-8(7-9)10-5-6-13-11(12)14-10/h2-7H,1H3. The van der Waals surface area contributed by atoms with E-state index in [1.807, 2.05) is 0 Å². The largest absolute Gasteiger partial charge is 0.226 e. The number of halogens is 1. The van der Waals surface area contributed by atoms with Crippen molar-refractivity contribution < 1.29 is 8.42 Å². The van der Waals surface area contributed by atoms with E-state index in [4.69, 9.17) is 11.6 Å². The quantitative estimate of drug-likeness (QED) is 0.784. The van der Waals surface area contributed by atoms with E-state index in [-0.39, 0.29) is 10.2 Å². The van der Waals surface area contributed by atoms with Crippen LogP contribution in [0.3, 0.4) is 0 Å². The smallest absolute Gasteiger partial charge is 0.222 e. The van der Waals surface area contributed by atoms with E-state index in [9.17, 15) is 8.42 Å². The maximum Gasteiger partial charge on any atom is 0.222 e. The van der Waals surface area contributed by atoms with E-state index >= 15 is 0 Å². The van der Waals surface area contributed by atoms with E-state index in [0.717, 1.165) is 0 Å². The molecule has 0 bridgehead atoms. The van der Waals surface area contributed by atoms with Crippen molar-refractivity contribution in [1.82, 2.24) is 9.97 Å². The highest BCUT2D eigenvalue weighted by Crippen LogP contribution is 2.21. The minimum Gasteiger partial charge on any atom is -0.226 e. The van der Waals surface area contributed by atoms with Crippen molar-refractivity contribution in [3.63, 3.8) is 0 Å². The molecule has 0 N–H and O–H groups in total. The van der Waals surface area contributed by atoms with Crippen molar-refractivity contribution >= 4 is 21.4 Å². The number of nitrogens with zero attached hydrogens (tertiary/aromatic N) is 2. The third-order valence-corrected chi connectivity index (χ3v) is 3.48. The Balaban J connectivity index is 2.54. The zero-order valence-corrected chi connectivity index (χ0v) is 10.5. The fourth-order valence-corrected chi connectivity index (χ4v) is 2.20. The first-order chi connectivity index (χ1) is 7.97. The molecule has 4 nitrogen and oxygen atoms in total. The zero-order chi connectivity index (χ0) is 12.5. The third kappa shape index (κ3) is 2.81. The number of rotatable bonds is 2. The summed E-state index contributed by atoms with van der Waals surface area (Å²) in [6.45, 7) is 0. The summed E-state index contributed by atoms with van der Waals surface area (Å²) in [5, 5.41) is 0.132. The van der Waals surface area contributed by atoms with E-state index in [0.29, 0.717) is 11.3 Å². The monoisotopic (exact) mass is 268 g/mol. The van der Waals surface area contributed by atoms with Crippen LogP contribution in [0.25, 0.3) is 11.3 Å². The summed E-state index contributed by atoms with van der Waals surface area (Å²) in [5.74, 6) is 0. The number of benzene rings is 1. The molecule has 17 heavy (non-hydrogen) atoms. The van der Waals surface area contributed by atoms with Crippen LogP contribution in [0.5, 0.6) is 0 Å². The van der Waals surface area contributed by atoms with Gasteiger partial charge < -0.3 is 0 Å². The molecule has 1 aromatic heterocycles. The summed E-state index contributed by atoms with van der Waals surface area (Å²) in [7, 11) is -3.22. The Bertz CT molecular complexity index is 656. The molecule has 2 aromatic rings. The topological polar surface area (TPSA) is 59.9 Å². The third-order valence-electron chi connectivity index (χ3n) is 2.18. The molecule has 0 aliphatic rings. The van der Waals surface area contributed by atoms with Gasteiger partial charge in [-0.25, -0.2) is 18.4 Å². The highest BCUT2D eigenvalue weighted by Gasteiger charge is 2.09. The van der Waals surface area contributed by atoms with Crippen molar-refractivity contribution in [2.24, 2.45) is 0 Å². The average molecular weight is 269 g/mol. The molecule has 0 radical (unpaired) electrons. The lowest BCUT2D eigenvalue weighted by Gasteiger charge is -2.03. The molecule has 0 unspecified atom stereocenters. The van der Waals surface area contributed by atoms with Gasteiger partial charge in [-0.05, 0) is 29.8 Å². The Morgan fingerprint density at radius 3 is 2.65 bits per heavy atom. The maximum atomic E-state index is 11.4. The van der Waals surface area contributed by atoms with Gasteiger partial charge >= 0.3 is 0 Å². The van der Waals surface area contributed by atoms with E-state index in [2.05, 4.69) is 9.97 Å². The lowest BCUT2D eigenvalue weighted by atomic mass is 10.1. The Morgan fingerprint density at radius 1 is 1.24 bits per heavy atom. The lowest BCUT2D eigenvalue weighted by molar-refractivity contribution is 0.602. The van der Waals surface area contributed by atoms with Crippen molar-refractivity contribution in [3.8, 4) is 11.3 Å². The average Bonchev–Trinajstić information content (AvgIpc) is 2.28. The predicted molar refractivity (Wildman–Crippen MR) is 65.6 cm³/mol. The minimum atomic E-state index is -3.22. The van der Waals surface area contributed by atoms with Crippen LogP contribution in [0.15, 0.2) is 41.4 Å². The van der Waals surface area contributed by atoms with E-state index in [1.165, 1.54) is 12.5 Å². The minimum absolute atomic E-state index is 0.132. The molecule has 0 aliphatic carbocycles. The van der Waals surface area contributed by atoms with Crippen LogP contribution in [0.4, 0.5) is 0 Å². The summed E-state index contributed by atoms with van der Waals surface area (Å²) in [6.07, 6.45) is 2.69. The second kappa shape index (κ2) is 4.43. The Hall–Kier alpha value is -1.46. The first-order valence-corrected chi connectivity index (χ1v) is 7.03. The van der Waals surface area contributed by atoms with Crippen molar-refractivity contribution in [2.45, 2.75) is 4.90 Å². The van der Waals surface area contributed by atoms with Gasteiger partial charge in [-0.2, -0.15) is 0 Å². The molecule has 0 spiro atoms. The summed E-state index contributed by atoms with van der Waals surface area (Å²) >= 11 is 5.68. The first-order valence-electron chi connectivity index (χ1n) is 4.76. The van der Waals surface area contributed by atoms with Crippen LogP contribution in [0.2, 0.25) is 5.28 Å². The molecule has 1 heterocycles. The van der Waals surface area contributed by atoms with E-state index < -0.39 is 9.84 Å². The molecule has 0 fully saturated rings. The summed E-state index contributed by atoms with van der Waals surface area (Å²) in [5.41, 5.74) is 1.28. The van der Waals surface area contributed by atoms with Gasteiger partial charge in [-0.3, -0.25) is 0 Å². The molecular weight excluding hydrogens is 260 g/mol. The maximum absolute atomic E-state index is 11.4. The van der Waals surface area contributed by atoms with Crippen molar-refractivity contribution in [2.75, 3.05) is 6.26 Å². The van der Waals surface area contributed by atoms with Crippen LogP contribution >= 0.6 is 11.6 Å². The molecule has 0 saturated heterocycles. The highest BCUT2D eigenvalue weighted by molar-refractivity contribution is 7.90. The molecular formula is C11H9ClN2O2S. The molecule has 88 valence electrons. The van der Waals surface area contributed by atoms with Crippen LogP contribution < -0.4 is 0 Å². The molecule has 1 aromatic carbocycles. The van der Waals surface area contributed by atoms with Gasteiger partial charge in [0.05, 0.1) is 10.6 Å². The van der Waals surface area contributed by atoms with Crippen molar-refractivity contribution in [3.05, 3.63) is 41.8 Å². The van der Waals surface area contributed by atoms with E-state index in [1.54, 1.807) is 30.3 Å². The number of sulfone groups is 1. The number of aromatic nitrogens is 2. The lowest BCUT2D eigenvalue weighted by Crippen LogP contribution is -1.97. The van der Waals surface area contributed by atoms with Gasteiger partial charge in [-0.1, -0.05) is 12.1 Å². The molecule has 2 rings (SSSR count). The predicted octanol–water partition coefficient (Wildman–Crippen LogP) is 2.20. The second-order valence-corrected chi connectivity index (χ2v) is 5.86. The van der Waals surface area contributed by atoms with Gasteiger partial charge in [0.25, 0.3) is 0 Å². The molecule has 0 amide bonds. The summed E-state index contributed by atoms with van der Waals surface area (Å²) < 4.78 is 22.8. The van der Waals surface area contributed by atoms with Gasteiger partial charge in [0.15, 0.2) is 9.84 Å². The summed E-state index contributed by atoms with van der Waals surface area (Å²) in [4.78, 5) is 8.05. The Labute approximate surface area is 104 Å². The normalized spacial score (nSPS) is 11.4. The fraction of sp³-hybridized carbons (Fsp3) is 0.0909. The zero-order valence-electron chi connectivity index (χ0n) is 8.96.